The lowest BCUT2D eigenvalue weighted by Crippen LogP contribution is -2.40. The molecule has 6 nitrogen and oxygen atoms in total. The Bertz CT molecular complexity index is 1160. The molecule has 2 fully saturated rings. The number of thioether (sulfide) groups is 1. The van der Waals surface area contributed by atoms with E-state index in [4.69, 9.17) is 17.2 Å². The number of aromatic nitrogens is 2. The Morgan fingerprint density at radius 1 is 1.22 bits per heavy atom. The van der Waals surface area contributed by atoms with Crippen LogP contribution >= 0.6 is 24.0 Å². The minimum Gasteiger partial charge on any atom is -0.355 e. The molecule has 4 heterocycles. The second kappa shape index (κ2) is 8.98. The van der Waals surface area contributed by atoms with Gasteiger partial charge in [0.2, 0.25) is 0 Å². The van der Waals surface area contributed by atoms with E-state index in [0.29, 0.717) is 50.6 Å². The van der Waals surface area contributed by atoms with Gasteiger partial charge in [-0.25, -0.2) is 4.98 Å². The summed E-state index contributed by atoms with van der Waals surface area (Å²) in [5.74, 6) is 1.85. The quantitative estimate of drug-likeness (QED) is 0.489. The van der Waals surface area contributed by atoms with Crippen molar-refractivity contribution >= 4 is 51.7 Å². The van der Waals surface area contributed by atoms with Gasteiger partial charge >= 0.3 is 0 Å². The van der Waals surface area contributed by atoms with E-state index in [1.54, 1.807) is 21.6 Å². The van der Waals surface area contributed by atoms with Crippen LogP contribution in [0.4, 0.5) is 5.82 Å². The van der Waals surface area contributed by atoms with Crippen molar-refractivity contribution in [2.45, 2.75) is 41.0 Å². The Morgan fingerprint density at radius 3 is 2.56 bits per heavy atom. The van der Waals surface area contributed by atoms with Crippen molar-refractivity contribution in [3.63, 3.8) is 0 Å². The zero-order valence-corrected chi connectivity index (χ0v) is 20.9. The zero-order chi connectivity index (χ0) is 23.2. The second-order valence-electron chi connectivity index (χ2n) is 9.63. The normalized spacial score (nSPS) is 23.2. The van der Waals surface area contributed by atoms with Crippen LogP contribution in [0.5, 0.6) is 0 Å². The van der Waals surface area contributed by atoms with Crippen LogP contribution < -0.4 is 10.5 Å². The number of fused-ring (bicyclic) bond motifs is 1. The first-order valence-electron chi connectivity index (χ1n) is 11.2. The third-order valence-corrected chi connectivity index (χ3v) is 7.23. The average Bonchev–Trinajstić information content (AvgIpc) is 2.96. The number of carbonyl (C=O) groups is 1. The molecule has 0 N–H and O–H groups in total. The Hall–Kier alpha value is -2.19. The van der Waals surface area contributed by atoms with Crippen LogP contribution in [0.2, 0.25) is 0 Å². The highest BCUT2D eigenvalue weighted by molar-refractivity contribution is 8.26. The number of anilines is 1. The zero-order valence-electron chi connectivity index (χ0n) is 19.3. The molecule has 0 aromatic carbocycles. The third kappa shape index (κ3) is 4.48. The average molecular weight is 471 g/mol. The topological polar surface area (TPSA) is 57.9 Å². The van der Waals surface area contributed by atoms with Gasteiger partial charge in [0.05, 0.1) is 10.5 Å². The van der Waals surface area contributed by atoms with Crippen LogP contribution in [0, 0.1) is 24.7 Å². The standard InChI is InChI=1S/C24H30N4O2S2/c1-14(2)10-28-23(30)19(32-24(28)31)9-18-21(26-11-16(4)8-17(5)12-26)25-20-7-6-15(3)13-27(20)22(18)29/h6-7,9,13-14,16-17H,8,10-12H2,1-5H3/b19-9-/t16-,17+. The number of piperidine rings is 1. The van der Waals surface area contributed by atoms with Crippen LogP contribution in [-0.4, -0.2) is 44.1 Å². The van der Waals surface area contributed by atoms with Crippen LogP contribution in [0.25, 0.3) is 11.7 Å². The van der Waals surface area contributed by atoms with Gasteiger partial charge in [-0.05, 0) is 48.8 Å². The number of amides is 1. The molecule has 8 heteroatoms. The van der Waals surface area contributed by atoms with E-state index in [1.807, 2.05) is 19.1 Å². The summed E-state index contributed by atoms with van der Waals surface area (Å²) in [6.45, 7) is 12.8. The van der Waals surface area contributed by atoms with Crippen LogP contribution in [0.3, 0.4) is 0 Å². The van der Waals surface area contributed by atoms with Crippen LogP contribution in [-0.2, 0) is 4.79 Å². The third-order valence-electron chi connectivity index (χ3n) is 5.85. The summed E-state index contributed by atoms with van der Waals surface area (Å²) in [4.78, 5) is 35.9. The molecule has 0 saturated carbocycles. The maximum atomic E-state index is 13.6. The number of hydrogen-bond acceptors (Lipinski definition) is 6. The summed E-state index contributed by atoms with van der Waals surface area (Å²) in [7, 11) is 0. The van der Waals surface area contributed by atoms with Crippen molar-refractivity contribution in [3.05, 3.63) is 44.7 Å². The van der Waals surface area contributed by atoms with Crippen molar-refractivity contribution in [1.82, 2.24) is 14.3 Å². The first-order valence-corrected chi connectivity index (χ1v) is 12.4. The monoisotopic (exact) mass is 470 g/mol. The fourth-order valence-electron chi connectivity index (χ4n) is 4.60. The van der Waals surface area contributed by atoms with E-state index in [-0.39, 0.29) is 11.5 Å². The Kier molecular flexibility index (Phi) is 6.45. The molecule has 0 spiro atoms. The predicted octanol–water partition coefficient (Wildman–Crippen LogP) is 4.34. The first-order chi connectivity index (χ1) is 15.1. The lowest BCUT2D eigenvalue weighted by molar-refractivity contribution is -0.122. The SMILES string of the molecule is Cc1ccc2nc(N3C[C@H](C)C[C@H](C)C3)c(/C=C3\SC(=S)N(CC(C)C)C3=O)c(=O)n2c1. The molecule has 2 aromatic heterocycles. The van der Waals surface area contributed by atoms with Gasteiger partial charge in [-0.2, -0.15) is 0 Å². The molecule has 2 aliphatic heterocycles. The van der Waals surface area contributed by atoms with E-state index >= 15 is 0 Å². The summed E-state index contributed by atoms with van der Waals surface area (Å²) < 4.78 is 2.12. The molecule has 0 radical (unpaired) electrons. The fraction of sp³-hybridized carbons (Fsp3) is 0.500. The first kappa shape index (κ1) is 23.0. The lowest BCUT2D eigenvalue weighted by Gasteiger charge is -2.36. The molecule has 0 unspecified atom stereocenters. The Balaban J connectivity index is 1.86. The number of carbonyl (C=O) groups excluding carboxylic acids is 1. The highest BCUT2D eigenvalue weighted by atomic mass is 32.2. The maximum Gasteiger partial charge on any atom is 0.267 e. The molecule has 170 valence electrons. The number of aryl methyl sites for hydroxylation is 1. The molecule has 0 aliphatic carbocycles. The van der Waals surface area contributed by atoms with Crippen molar-refractivity contribution in [3.8, 4) is 0 Å². The van der Waals surface area contributed by atoms with Gasteiger partial charge < -0.3 is 4.90 Å². The largest absolute Gasteiger partial charge is 0.355 e. The maximum absolute atomic E-state index is 13.6. The van der Waals surface area contributed by atoms with Gasteiger partial charge in [-0.15, -0.1) is 0 Å². The molecule has 2 saturated heterocycles. The molecular weight excluding hydrogens is 440 g/mol. The van der Waals surface area contributed by atoms with E-state index in [0.717, 1.165) is 25.1 Å². The van der Waals surface area contributed by atoms with Gasteiger partial charge in [0.1, 0.15) is 15.8 Å². The minimum absolute atomic E-state index is 0.131. The van der Waals surface area contributed by atoms with E-state index in [9.17, 15) is 9.59 Å². The molecule has 32 heavy (non-hydrogen) atoms. The van der Waals surface area contributed by atoms with E-state index in [1.165, 1.54) is 11.8 Å². The van der Waals surface area contributed by atoms with Gasteiger partial charge in [-0.1, -0.05) is 57.7 Å². The van der Waals surface area contributed by atoms with Crippen molar-refractivity contribution < 1.29 is 4.79 Å². The van der Waals surface area contributed by atoms with Gasteiger partial charge in [0, 0.05) is 25.8 Å². The molecular formula is C24H30N4O2S2. The Labute approximate surface area is 198 Å². The van der Waals surface area contributed by atoms with Crippen LogP contribution in [0.1, 0.15) is 45.2 Å². The number of thiocarbonyl (C=S) groups is 1. The molecule has 2 aromatic rings. The van der Waals surface area contributed by atoms with E-state index in [2.05, 4.69) is 32.6 Å². The van der Waals surface area contributed by atoms with Crippen LogP contribution in [0.15, 0.2) is 28.0 Å². The smallest absolute Gasteiger partial charge is 0.267 e. The molecule has 2 aliphatic rings. The highest BCUT2D eigenvalue weighted by Crippen LogP contribution is 2.35. The number of hydrogen-bond donors (Lipinski definition) is 0. The molecule has 4 rings (SSSR count). The summed E-state index contributed by atoms with van der Waals surface area (Å²) in [5, 5.41) is 0. The van der Waals surface area contributed by atoms with E-state index < -0.39 is 0 Å². The van der Waals surface area contributed by atoms with Gasteiger partial charge in [0.25, 0.3) is 11.5 Å². The predicted molar refractivity (Wildman–Crippen MR) is 136 cm³/mol. The summed E-state index contributed by atoms with van der Waals surface area (Å²) in [5.41, 5.74) is 1.89. The second-order valence-corrected chi connectivity index (χ2v) is 11.3. The summed E-state index contributed by atoms with van der Waals surface area (Å²) >= 11 is 6.73. The molecule has 0 bridgehead atoms. The molecule has 2 atom stereocenters. The van der Waals surface area contributed by atoms with Crippen molar-refractivity contribution in [2.75, 3.05) is 24.5 Å². The minimum atomic E-state index is -0.159. The lowest BCUT2D eigenvalue weighted by atomic mass is 9.91. The van der Waals surface area contributed by atoms with Gasteiger partial charge in [-0.3, -0.25) is 18.9 Å². The number of nitrogens with zero attached hydrogens (tertiary/aromatic N) is 4. The number of rotatable bonds is 4. The summed E-state index contributed by atoms with van der Waals surface area (Å²) in [6.07, 6.45) is 4.67. The Morgan fingerprint density at radius 2 is 1.91 bits per heavy atom. The van der Waals surface area contributed by atoms with Gasteiger partial charge in [0.15, 0.2) is 0 Å². The highest BCUT2D eigenvalue weighted by Gasteiger charge is 2.33. The molecule has 1 amide bonds. The summed E-state index contributed by atoms with van der Waals surface area (Å²) in [6, 6.07) is 3.84. The van der Waals surface area contributed by atoms with Crippen molar-refractivity contribution in [2.24, 2.45) is 17.8 Å². The fourth-order valence-corrected chi connectivity index (χ4v) is 5.86. The van der Waals surface area contributed by atoms with Crippen molar-refractivity contribution in [1.29, 1.82) is 0 Å². The number of pyridine rings is 1.